The molecule has 1 fully saturated rings. The van der Waals surface area contributed by atoms with Gasteiger partial charge in [-0.1, -0.05) is 48.5 Å². The van der Waals surface area contributed by atoms with Gasteiger partial charge in [-0.15, -0.1) is 11.3 Å². The van der Waals surface area contributed by atoms with Gasteiger partial charge >= 0.3 is 0 Å². The first-order chi connectivity index (χ1) is 14.2. The maximum absolute atomic E-state index is 11.0. The number of nitrogens with zero attached hydrogens (tertiary/aromatic N) is 3. The topological polar surface area (TPSA) is 104 Å². The van der Waals surface area contributed by atoms with Crippen LogP contribution in [0.4, 0.5) is 5.69 Å². The van der Waals surface area contributed by atoms with E-state index < -0.39 is 4.92 Å². The van der Waals surface area contributed by atoms with Crippen molar-refractivity contribution in [2.45, 2.75) is 6.04 Å². The first-order valence-electron chi connectivity index (χ1n) is 9.01. The lowest BCUT2D eigenvalue weighted by molar-refractivity contribution is -0.384. The van der Waals surface area contributed by atoms with Crippen molar-refractivity contribution < 1.29 is 4.92 Å². The second-order valence-corrected chi connectivity index (χ2v) is 7.47. The van der Waals surface area contributed by atoms with Gasteiger partial charge < -0.3 is 0 Å². The molecule has 3 aromatic rings. The Hall–Kier alpha value is -3.38. The molecule has 0 radical (unpaired) electrons. The third-order valence-corrected chi connectivity index (χ3v) is 5.65. The van der Waals surface area contributed by atoms with E-state index in [1.807, 2.05) is 29.7 Å². The van der Waals surface area contributed by atoms with E-state index in [1.54, 1.807) is 12.1 Å². The van der Waals surface area contributed by atoms with Crippen molar-refractivity contribution in [2.75, 3.05) is 6.54 Å². The van der Waals surface area contributed by atoms with Crippen LogP contribution >= 0.6 is 11.3 Å². The van der Waals surface area contributed by atoms with Gasteiger partial charge in [0.05, 0.1) is 22.2 Å². The van der Waals surface area contributed by atoms with E-state index in [9.17, 15) is 15.4 Å². The zero-order valence-electron chi connectivity index (χ0n) is 15.3. The summed E-state index contributed by atoms with van der Waals surface area (Å²) in [7, 11) is 0. The lowest BCUT2D eigenvalue weighted by Gasteiger charge is -2.15. The van der Waals surface area contributed by atoms with Crippen molar-refractivity contribution in [2.24, 2.45) is 5.92 Å². The second kappa shape index (κ2) is 8.32. The molecule has 2 unspecified atom stereocenters. The van der Waals surface area contributed by atoms with Crippen LogP contribution in [-0.2, 0) is 0 Å². The highest BCUT2D eigenvalue weighted by molar-refractivity contribution is 7.11. The van der Waals surface area contributed by atoms with Crippen molar-refractivity contribution in [1.82, 2.24) is 15.8 Å². The summed E-state index contributed by atoms with van der Waals surface area (Å²) in [5.41, 5.74) is 9.38. The number of nitrogens with one attached hydrogen (secondary N) is 2. The molecule has 2 N–H and O–H groups in total. The molecule has 0 aliphatic carbocycles. The molecule has 2 atom stereocenters. The summed E-state index contributed by atoms with van der Waals surface area (Å²) >= 11 is 1.36. The Morgan fingerprint density at radius 1 is 1.28 bits per heavy atom. The average Bonchev–Trinajstić information content (AvgIpc) is 3.42. The molecule has 1 aliphatic rings. The van der Waals surface area contributed by atoms with Crippen LogP contribution in [0.3, 0.4) is 0 Å². The van der Waals surface area contributed by atoms with E-state index in [0.29, 0.717) is 28.4 Å². The Labute approximate surface area is 171 Å². The minimum absolute atomic E-state index is 0.0157. The number of hydrazine groups is 1. The number of aromatic nitrogens is 1. The number of hydrogen-bond acceptors (Lipinski definition) is 7. The molecular weight excluding hydrogens is 386 g/mol. The van der Waals surface area contributed by atoms with Gasteiger partial charge in [0.25, 0.3) is 5.69 Å². The maximum Gasteiger partial charge on any atom is 0.270 e. The molecule has 0 amide bonds. The number of hydrogen-bond donors (Lipinski definition) is 2. The van der Waals surface area contributed by atoms with Crippen LogP contribution in [-0.4, -0.2) is 16.5 Å². The summed E-state index contributed by atoms with van der Waals surface area (Å²) in [5.74, 6) is 0.0946. The van der Waals surface area contributed by atoms with E-state index in [0.717, 1.165) is 5.56 Å². The van der Waals surface area contributed by atoms with Gasteiger partial charge in [0.2, 0.25) is 0 Å². The smallest absolute Gasteiger partial charge is 0.258 e. The molecule has 0 spiro atoms. The molecule has 8 heteroatoms. The first kappa shape index (κ1) is 19.0. The fourth-order valence-corrected chi connectivity index (χ4v) is 4.14. The summed E-state index contributed by atoms with van der Waals surface area (Å²) in [5, 5.41) is 23.1. The third kappa shape index (κ3) is 4.07. The molecule has 0 bridgehead atoms. The Morgan fingerprint density at radius 3 is 2.86 bits per heavy atom. The number of benzene rings is 2. The van der Waals surface area contributed by atoms with E-state index in [1.165, 1.54) is 23.5 Å². The molecule has 1 aliphatic heterocycles. The minimum atomic E-state index is -0.429. The second-order valence-electron chi connectivity index (χ2n) is 6.61. The summed E-state index contributed by atoms with van der Waals surface area (Å²) < 4.78 is 0. The lowest BCUT2D eigenvalue weighted by atomic mass is 9.93. The largest absolute Gasteiger partial charge is 0.270 e. The highest BCUT2D eigenvalue weighted by Gasteiger charge is 2.27. The number of allylic oxidation sites excluding steroid dienone is 1. The highest BCUT2D eigenvalue weighted by Crippen LogP contribution is 2.31. The normalized spacial score (nSPS) is 19.1. The van der Waals surface area contributed by atoms with Crippen LogP contribution in [0.1, 0.15) is 16.6 Å². The van der Waals surface area contributed by atoms with Crippen LogP contribution in [0.2, 0.25) is 0 Å². The average molecular weight is 403 g/mol. The van der Waals surface area contributed by atoms with Gasteiger partial charge in [0, 0.05) is 35.5 Å². The monoisotopic (exact) mass is 403 g/mol. The summed E-state index contributed by atoms with van der Waals surface area (Å²) in [6.45, 7) is 0.702. The van der Waals surface area contributed by atoms with Gasteiger partial charge in [0.15, 0.2) is 0 Å². The molecule has 1 saturated heterocycles. The number of rotatable bonds is 5. The Morgan fingerprint density at radius 2 is 2.10 bits per heavy atom. The van der Waals surface area contributed by atoms with Gasteiger partial charge in [-0.3, -0.25) is 15.5 Å². The molecule has 29 heavy (non-hydrogen) atoms. The van der Waals surface area contributed by atoms with Crippen LogP contribution in [0.15, 0.2) is 66.1 Å². The number of nitro benzene ring substituents is 1. The summed E-state index contributed by atoms with van der Waals surface area (Å²) in [6, 6.07) is 18.7. The van der Waals surface area contributed by atoms with Crippen LogP contribution in [0.5, 0.6) is 0 Å². The molecule has 4 rings (SSSR count). The van der Waals surface area contributed by atoms with Crippen molar-refractivity contribution >= 4 is 22.6 Å². The van der Waals surface area contributed by atoms with Crippen LogP contribution < -0.4 is 10.9 Å². The quantitative estimate of drug-likeness (QED) is 0.378. The number of non-ortho nitro benzene ring substituents is 1. The molecule has 1 aromatic heterocycles. The molecule has 2 heterocycles. The first-order valence-corrected chi connectivity index (χ1v) is 9.89. The summed E-state index contributed by atoms with van der Waals surface area (Å²) in [4.78, 5) is 15.1. The fourth-order valence-electron chi connectivity index (χ4n) is 3.34. The number of nitro groups is 1. The predicted molar refractivity (Wildman–Crippen MR) is 112 cm³/mol. The maximum atomic E-state index is 11.0. The van der Waals surface area contributed by atoms with Crippen molar-refractivity contribution in [1.29, 1.82) is 5.26 Å². The molecule has 144 valence electrons. The lowest BCUT2D eigenvalue weighted by Crippen LogP contribution is -2.24. The zero-order valence-corrected chi connectivity index (χ0v) is 16.1. The van der Waals surface area contributed by atoms with Crippen LogP contribution in [0.25, 0.3) is 16.8 Å². The minimum Gasteiger partial charge on any atom is -0.258 e. The summed E-state index contributed by atoms with van der Waals surface area (Å²) in [6.07, 6.45) is 1.95. The Balaban J connectivity index is 1.61. The molecule has 7 nitrogen and oxygen atoms in total. The van der Waals surface area contributed by atoms with E-state index >= 15 is 0 Å². The van der Waals surface area contributed by atoms with Crippen molar-refractivity contribution in [3.05, 3.63) is 86.7 Å². The fraction of sp³-hybridized carbons (Fsp3) is 0.143. The zero-order chi connectivity index (χ0) is 20.2. The molecule has 2 aromatic carbocycles. The van der Waals surface area contributed by atoms with E-state index in [2.05, 4.69) is 34.0 Å². The van der Waals surface area contributed by atoms with Crippen molar-refractivity contribution in [3.8, 4) is 17.3 Å². The standard InChI is InChI=1S/C21H17N5O2S/c22-11-16(9-17-12-23-25-20(17)14-5-2-1-3-6-14)21-24-19(13-29-21)15-7-4-8-18(10-15)26(27)28/h1-10,13,17,20,23,25H,12H2/b16-9+. The third-order valence-electron chi connectivity index (χ3n) is 4.77. The number of nitriles is 1. The predicted octanol–water partition coefficient (Wildman–Crippen LogP) is 4.09. The van der Waals surface area contributed by atoms with Gasteiger partial charge in [-0.2, -0.15) is 5.26 Å². The van der Waals surface area contributed by atoms with E-state index in [-0.39, 0.29) is 17.6 Å². The Kier molecular flexibility index (Phi) is 5.44. The van der Waals surface area contributed by atoms with Crippen molar-refractivity contribution in [3.63, 3.8) is 0 Å². The van der Waals surface area contributed by atoms with Gasteiger partial charge in [-0.25, -0.2) is 10.4 Å². The SMILES string of the molecule is N#C/C(=C\C1CNNC1c1ccccc1)c1nc(-c2cccc([N+](=O)[O-])c2)cs1. The van der Waals surface area contributed by atoms with Crippen LogP contribution in [0, 0.1) is 27.4 Å². The number of thiazole rings is 1. The molecule has 0 saturated carbocycles. The highest BCUT2D eigenvalue weighted by atomic mass is 32.1. The Bertz CT molecular complexity index is 1100. The molecular formula is C21H17N5O2S. The van der Waals surface area contributed by atoms with Gasteiger partial charge in [0.1, 0.15) is 11.1 Å². The van der Waals surface area contributed by atoms with Gasteiger partial charge in [-0.05, 0) is 5.56 Å². The van der Waals surface area contributed by atoms with E-state index in [4.69, 9.17) is 0 Å².